The molecule has 0 heterocycles. The van der Waals surface area contributed by atoms with Crippen molar-refractivity contribution in [2.75, 3.05) is 0 Å². The van der Waals surface area contributed by atoms with Crippen LogP contribution >= 0.6 is 0 Å². The second-order valence-electron chi connectivity index (χ2n) is 11.0. The molecule has 0 bridgehead atoms. The van der Waals surface area contributed by atoms with Crippen molar-refractivity contribution in [3.63, 3.8) is 0 Å². The van der Waals surface area contributed by atoms with Crippen LogP contribution in [0.1, 0.15) is 117 Å². The van der Waals surface area contributed by atoms with Gasteiger partial charge in [0.2, 0.25) is 0 Å². The highest BCUT2D eigenvalue weighted by Crippen LogP contribution is 2.33. The van der Waals surface area contributed by atoms with Gasteiger partial charge in [0.25, 0.3) is 0 Å². The van der Waals surface area contributed by atoms with Crippen LogP contribution in [0.5, 0.6) is 0 Å². The monoisotopic (exact) mass is 370 g/mol. The summed E-state index contributed by atoms with van der Waals surface area (Å²) in [6, 6.07) is 0. The van der Waals surface area contributed by atoms with Gasteiger partial charge in [-0.3, -0.25) is 0 Å². The van der Waals surface area contributed by atoms with Crippen LogP contribution in [0.15, 0.2) is 0 Å². The smallest absolute Gasteiger partial charge is 0.0308 e. The van der Waals surface area contributed by atoms with Crippen molar-refractivity contribution in [2.45, 2.75) is 117 Å². The van der Waals surface area contributed by atoms with Crippen LogP contribution in [0.2, 0.25) is 0 Å². The normalized spacial score (nSPS) is 12.5. The van der Waals surface area contributed by atoms with Crippen LogP contribution in [0.4, 0.5) is 0 Å². The van der Waals surface area contributed by atoms with Crippen molar-refractivity contribution in [3.05, 3.63) is 0 Å². The third-order valence-corrected chi connectivity index (χ3v) is 7.26. The minimum atomic E-state index is 0.500. The SMILES string of the molecule is CC(C)C(C)(C)C(C)C.CC(C)C(C)C(C)C.CCC(C(C)C)C(C)C. The van der Waals surface area contributed by atoms with Crippen molar-refractivity contribution in [1.29, 1.82) is 0 Å². The van der Waals surface area contributed by atoms with Crippen molar-refractivity contribution in [1.82, 2.24) is 0 Å². The molecule has 0 aromatic carbocycles. The Bertz CT molecular complexity index is 265. The van der Waals surface area contributed by atoms with Gasteiger partial charge >= 0.3 is 0 Å². The maximum Gasteiger partial charge on any atom is -0.0308 e. The molecule has 0 spiro atoms. The molecule has 0 amide bonds. The molecule has 0 aromatic rings. The average molecular weight is 371 g/mol. The van der Waals surface area contributed by atoms with Gasteiger partial charge < -0.3 is 0 Å². The number of hydrogen-bond donors (Lipinski definition) is 0. The topological polar surface area (TPSA) is 0 Å². The van der Waals surface area contributed by atoms with Gasteiger partial charge in [-0.2, -0.15) is 0 Å². The molecular weight excluding hydrogens is 312 g/mol. The lowest BCUT2D eigenvalue weighted by molar-refractivity contribution is 0.165. The summed E-state index contributed by atoms with van der Waals surface area (Å²) in [7, 11) is 0. The molecule has 0 radical (unpaired) electrons. The highest BCUT2D eigenvalue weighted by atomic mass is 14.3. The number of rotatable bonds is 7. The first-order valence-electron chi connectivity index (χ1n) is 11.5. The van der Waals surface area contributed by atoms with Gasteiger partial charge in [-0.1, -0.05) is 117 Å². The molecule has 0 aliphatic carbocycles. The molecule has 0 saturated heterocycles. The van der Waals surface area contributed by atoms with Gasteiger partial charge in [-0.05, 0) is 52.8 Å². The lowest BCUT2D eigenvalue weighted by Crippen LogP contribution is -2.25. The summed E-state index contributed by atoms with van der Waals surface area (Å²) in [4.78, 5) is 0. The molecule has 0 aliphatic rings. The molecule has 0 fully saturated rings. The first-order valence-corrected chi connectivity index (χ1v) is 11.5. The van der Waals surface area contributed by atoms with Gasteiger partial charge in [0.05, 0.1) is 0 Å². The van der Waals surface area contributed by atoms with E-state index >= 15 is 0 Å². The van der Waals surface area contributed by atoms with E-state index in [1.807, 2.05) is 0 Å². The molecule has 0 rings (SSSR count). The van der Waals surface area contributed by atoms with Crippen LogP contribution in [0.25, 0.3) is 0 Å². The third kappa shape index (κ3) is 14.1. The molecule has 0 nitrogen and oxygen atoms in total. The molecule has 26 heavy (non-hydrogen) atoms. The second kappa shape index (κ2) is 15.0. The maximum atomic E-state index is 2.34. The standard InChI is InChI=1S/2C9H20.C8H18/c1-7(2)9(5,6)8(3)4;1-6-9(7(2)3)8(4)5;1-6(2)8(5)7(3)4/h7-8H,1-6H3;7-9H,6H2,1-5H3;6-8H,1-5H3. The first-order chi connectivity index (χ1) is 11.5. The molecule has 0 atom stereocenters. The molecule has 0 aliphatic heterocycles. The second-order valence-corrected chi connectivity index (χ2v) is 11.0. The molecule has 0 unspecified atom stereocenters. The minimum Gasteiger partial charge on any atom is -0.0651 e. The predicted octanol–water partition coefficient (Wildman–Crippen LogP) is 9.58. The minimum absolute atomic E-state index is 0.500. The van der Waals surface area contributed by atoms with E-state index in [1.165, 1.54) is 6.42 Å². The van der Waals surface area contributed by atoms with Crippen LogP contribution in [-0.4, -0.2) is 0 Å². The predicted molar refractivity (Wildman–Crippen MR) is 126 cm³/mol. The van der Waals surface area contributed by atoms with E-state index in [4.69, 9.17) is 0 Å². The van der Waals surface area contributed by atoms with Crippen molar-refractivity contribution < 1.29 is 0 Å². The van der Waals surface area contributed by atoms with Gasteiger partial charge in [0.1, 0.15) is 0 Å². The lowest BCUT2D eigenvalue weighted by Gasteiger charge is -2.33. The summed E-state index contributed by atoms with van der Waals surface area (Å²) in [5.74, 6) is 6.77. The highest BCUT2D eigenvalue weighted by Gasteiger charge is 2.25. The molecule has 0 N–H and O–H groups in total. The van der Waals surface area contributed by atoms with E-state index in [0.29, 0.717) is 5.41 Å². The van der Waals surface area contributed by atoms with Crippen LogP contribution in [0, 0.1) is 52.8 Å². The van der Waals surface area contributed by atoms with Gasteiger partial charge in [-0.25, -0.2) is 0 Å². The van der Waals surface area contributed by atoms with Gasteiger partial charge in [0, 0.05) is 0 Å². The van der Waals surface area contributed by atoms with E-state index in [2.05, 4.69) is 111 Å². The fraction of sp³-hybridized carbons (Fsp3) is 1.00. The summed E-state index contributed by atoms with van der Waals surface area (Å²) >= 11 is 0. The van der Waals surface area contributed by atoms with E-state index in [-0.39, 0.29) is 0 Å². The zero-order chi connectivity index (χ0) is 21.8. The fourth-order valence-electron chi connectivity index (χ4n) is 3.15. The summed E-state index contributed by atoms with van der Waals surface area (Å²) in [5, 5.41) is 0. The Morgan fingerprint density at radius 3 is 0.769 bits per heavy atom. The van der Waals surface area contributed by atoms with Gasteiger partial charge in [0.15, 0.2) is 0 Å². The van der Waals surface area contributed by atoms with Crippen molar-refractivity contribution >= 4 is 0 Å². The Morgan fingerprint density at radius 1 is 0.500 bits per heavy atom. The largest absolute Gasteiger partial charge is 0.0651 e. The van der Waals surface area contributed by atoms with E-state index < -0.39 is 0 Å². The maximum absolute atomic E-state index is 2.34. The van der Waals surface area contributed by atoms with E-state index in [9.17, 15) is 0 Å². The third-order valence-electron chi connectivity index (χ3n) is 7.26. The zero-order valence-corrected chi connectivity index (χ0v) is 21.8. The Balaban J connectivity index is -0.000000306. The quantitative estimate of drug-likeness (QED) is 0.418. The number of hydrogen-bond acceptors (Lipinski definition) is 0. The molecule has 162 valence electrons. The molecule has 0 aromatic heterocycles. The summed E-state index contributed by atoms with van der Waals surface area (Å²) in [6.45, 7) is 36.8. The molecular formula is C26H58. The summed E-state index contributed by atoms with van der Waals surface area (Å²) < 4.78 is 0. The average Bonchev–Trinajstić information content (AvgIpc) is 2.46. The van der Waals surface area contributed by atoms with Crippen LogP contribution in [-0.2, 0) is 0 Å². The summed E-state index contributed by atoms with van der Waals surface area (Å²) in [5.41, 5.74) is 0.500. The Kier molecular flexibility index (Phi) is 17.7. The molecule has 0 heteroatoms. The Morgan fingerprint density at radius 2 is 0.769 bits per heavy atom. The lowest BCUT2D eigenvalue weighted by atomic mass is 9.72. The first kappa shape index (κ1) is 30.7. The van der Waals surface area contributed by atoms with Gasteiger partial charge in [-0.15, -0.1) is 0 Å². The van der Waals surface area contributed by atoms with Crippen molar-refractivity contribution in [3.8, 4) is 0 Å². The highest BCUT2D eigenvalue weighted by molar-refractivity contribution is 4.75. The Hall–Kier alpha value is 0. The van der Waals surface area contributed by atoms with E-state index in [1.54, 1.807) is 0 Å². The van der Waals surface area contributed by atoms with Crippen molar-refractivity contribution in [2.24, 2.45) is 52.8 Å². The fourth-order valence-corrected chi connectivity index (χ4v) is 3.15. The Labute approximate surface area is 170 Å². The summed E-state index contributed by atoms with van der Waals surface area (Å²) in [6.07, 6.45) is 1.33. The van der Waals surface area contributed by atoms with Crippen LogP contribution < -0.4 is 0 Å². The van der Waals surface area contributed by atoms with Crippen LogP contribution in [0.3, 0.4) is 0 Å². The zero-order valence-electron chi connectivity index (χ0n) is 21.8. The van der Waals surface area contributed by atoms with E-state index in [0.717, 1.165) is 47.3 Å². The molecule has 0 saturated carbocycles.